The van der Waals surface area contributed by atoms with Crippen LogP contribution in [0.5, 0.6) is 0 Å². The Bertz CT molecular complexity index is 995. The highest BCUT2D eigenvalue weighted by atomic mass is 16.6. The summed E-state index contributed by atoms with van der Waals surface area (Å²) in [5.41, 5.74) is 0.633. The van der Waals surface area contributed by atoms with E-state index in [9.17, 15) is 9.59 Å². The summed E-state index contributed by atoms with van der Waals surface area (Å²) < 4.78 is 12.3. The number of nitrogens with zero attached hydrogens (tertiary/aromatic N) is 5. The molecule has 146 valence electrons. The summed E-state index contributed by atoms with van der Waals surface area (Å²) in [5.74, 6) is 1.10. The van der Waals surface area contributed by atoms with Crippen LogP contribution in [0.25, 0.3) is 0 Å². The van der Waals surface area contributed by atoms with Crippen molar-refractivity contribution in [2.24, 2.45) is 7.05 Å². The lowest BCUT2D eigenvalue weighted by Crippen LogP contribution is -2.41. The van der Waals surface area contributed by atoms with Crippen LogP contribution < -0.4 is 5.56 Å². The van der Waals surface area contributed by atoms with Crippen molar-refractivity contribution in [3.8, 4) is 0 Å². The summed E-state index contributed by atoms with van der Waals surface area (Å²) in [4.78, 5) is 25.8. The number of hydrogen-bond acceptors (Lipinski definition) is 7. The lowest BCUT2D eigenvalue weighted by molar-refractivity contribution is 0.0585. The number of aryl methyl sites for hydroxylation is 1. The number of ether oxygens (including phenoxy) is 1. The van der Waals surface area contributed by atoms with E-state index in [-0.39, 0.29) is 24.1 Å². The standard InChI is InChI=1S/C18H20N6O4/c1-23-17(19-21-22-23)14-9-13(15-10-16(25)20-28-15)7-8-24(14)18(26)27-11-12-5-3-2-4-6-12/h2-6,10,13-14H,7-9,11H2,1H3,(H,20,25)/t13-,14+/m0/s1. The van der Waals surface area contributed by atoms with Crippen molar-refractivity contribution in [1.82, 2.24) is 30.3 Å². The lowest BCUT2D eigenvalue weighted by atomic mass is 9.88. The predicted octanol–water partition coefficient (Wildman–Crippen LogP) is 1.75. The lowest BCUT2D eigenvalue weighted by Gasteiger charge is -2.36. The maximum absolute atomic E-state index is 12.8. The molecule has 1 N–H and O–H groups in total. The van der Waals surface area contributed by atoms with Crippen molar-refractivity contribution in [2.45, 2.75) is 31.4 Å². The molecule has 2 aromatic heterocycles. The molecule has 0 saturated carbocycles. The molecule has 2 atom stereocenters. The van der Waals surface area contributed by atoms with Gasteiger partial charge < -0.3 is 9.26 Å². The number of aromatic amines is 1. The predicted molar refractivity (Wildman–Crippen MR) is 96.2 cm³/mol. The van der Waals surface area contributed by atoms with Gasteiger partial charge in [-0.1, -0.05) is 30.3 Å². The number of H-pyrrole nitrogens is 1. The Morgan fingerprint density at radius 2 is 2.18 bits per heavy atom. The minimum Gasteiger partial charge on any atom is -0.445 e. The third-order valence-electron chi connectivity index (χ3n) is 4.94. The number of benzene rings is 1. The second-order valence-corrected chi connectivity index (χ2v) is 6.75. The minimum absolute atomic E-state index is 0.0289. The van der Waals surface area contributed by atoms with Gasteiger partial charge in [0.2, 0.25) is 0 Å². The smallest absolute Gasteiger partial charge is 0.410 e. The summed E-state index contributed by atoms with van der Waals surface area (Å²) >= 11 is 0. The molecule has 0 spiro atoms. The number of aromatic nitrogens is 5. The van der Waals surface area contributed by atoms with E-state index in [1.807, 2.05) is 30.3 Å². The number of carbonyl (C=O) groups excluding carboxylic acids is 1. The fraction of sp³-hybridized carbons (Fsp3) is 0.389. The molecule has 4 rings (SSSR count). The van der Waals surface area contributed by atoms with Crippen LogP contribution in [0.4, 0.5) is 4.79 Å². The minimum atomic E-state index is -0.425. The average molecular weight is 384 g/mol. The topological polar surface area (TPSA) is 119 Å². The van der Waals surface area contributed by atoms with Gasteiger partial charge >= 0.3 is 6.09 Å². The van der Waals surface area contributed by atoms with E-state index in [1.54, 1.807) is 11.9 Å². The molecule has 0 aliphatic carbocycles. The van der Waals surface area contributed by atoms with Crippen LogP contribution in [0, 0.1) is 0 Å². The number of carbonyl (C=O) groups is 1. The first-order valence-corrected chi connectivity index (χ1v) is 9.00. The van der Waals surface area contributed by atoms with Crippen molar-refractivity contribution in [3.05, 3.63) is 63.9 Å². The van der Waals surface area contributed by atoms with Crippen molar-refractivity contribution in [1.29, 1.82) is 0 Å². The molecule has 0 bridgehead atoms. The summed E-state index contributed by atoms with van der Waals surface area (Å²) in [7, 11) is 1.73. The van der Waals surface area contributed by atoms with Crippen LogP contribution in [-0.4, -0.2) is 42.9 Å². The molecule has 28 heavy (non-hydrogen) atoms. The Kier molecular flexibility index (Phi) is 4.92. The Hall–Kier alpha value is -3.43. The summed E-state index contributed by atoms with van der Waals surface area (Å²) in [5, 5.41) is 14.0. The highest BCUT2D eigenvalue weighted by Gasteiger charge is 2.38. The Morgan fingerprint density at radius 3 is 2.86 bits per heavy atom. The monoisotopic (exact) mass is 384 g/mol. The van der Waals surface area contributed by atoms with Crippen LogP contribution in [0.3, 0.4) is 0 Å². The summed E-state index contributed by atoms with van der Waals surface area (Å²) in [6.07, 6.45) is 0.740. The molecule has 0 radical (unpaired) electrons. The van der Waals surface area contributed by atoms with Gasteiger partial charge in [0.15, 0.2) is 5.82 Å². The van der Waals surface area contributed by atoms with E-state index in [1.165, 1.54) is 10.7 Å². The normalized spacial score (nSPS) is 19.5. The largest absolute Gasteiger partial charge is 0.445 e. The Balaban J connectivity index is 1.52. The van der Waals surface area contributed by atoms with Gasteiger partial charge in [0, 0.05) is 25.6 Å². The fourth-order valence-electron chi connectivity index (χ4n) is 3.51. The molecule has 1 saturated heterocycles. The average Bonchev–Trinajstić information content (AvgIpc) is 3.34. The van der Waals surface area contributed by atoms with Crippen LogP contribution in [0.15, 0.2) is 45.7 Å². The molecule has 1 fully saturated rings. The highest BCUT2D eigenvalue weighted by molar-refractivity contribution is 5.68. The third kappa shape index (κ3) is 3.66. The fourth-order valence-corrected chi connectivity index (χ4v) is 3.51. The second kappa shape index (κ2) is 7.67. The second-order valence-electron chi connectivity index (χ2n) is 6.75. The molecule has 3 aromatic rings. The molecule has 1 aliphatic heterocycles. The Labute approximate surface area is 160 Å². The molecule has 1 aliphatic rings. The number of likely N-dealkylation sites (tertiary alicyclic amines) is 1. The molecule has 1 amide bonds. The van der Waals surface area contributed by atoms with E-state index in [0.717, 1.165) is 5.56 Å². The first-order chi connectivity index (χ1) is 13.6. The highest BCUT2D eigenvalue weighted by Crippen LogP contribution is 2.38. The molecule has 10 heteroatoms. The van der Waals surface area contributed by atoms with Crippen LogP contribution in [-0.2, 0) is 18.4 Å². The number of rotatable bonds is 4. The third-order valence-corrected chi connectivity index (χ3v) is 4.94. The van der Waals surface area contributed by atoms with Gasteiger partial charge in [0.25, 0.3) is 5.56 Å². The molecule has 1 aromatic carbocycles. The maximum atomic E-state index is 12.8. The number of nitrogens with one attached hydrogen (secondary N) is 1. The molecular formula is C18H20N6O4. The van der Waals surface area contributed by atoms with Gasteiger partial charge in [-0.3, -0.25) is 9.69 Å². The maximum Gasteiger partial charge on any atom is 0.410 e. The van der Waals surface area contributed by atoms with Crippen molar-refractivity contribution >= 4 is 6.09 Å². The molecule has 10 nitrogen and oxygen atoms in total. The molecule has 3 heterocycles. The van der Waals surface area contributed by atoms with Gasteiger partial charge in [0.1, 0.15) is 12.4 Å². The van der Waals surface area contributed by atoms with Crippen molar-refractivity contribution < 1.29 is 14.1 Å². The summed E-state index contributed by atoms with van der Waals surface area (Å²) in [6, 6.07) is 10.6. The van der Waals surface area contributed by atoms with E-state index in [0.29, 0.717) is 31.0 Å². The van der Waals surface area contributed by atoms with E-state index in [2.05, 4.69) is 20.7 Å². The van der Waals surface area contributed by atoms with Crippen LogP contribution >= 0.6 is 0 Å². The number of hydrogen-bond donors (Lipinski definition) is 1. The van der Waals surface area contributed by atoms with E-state index < -0.39 is 6.09 Å². The number of amides is 1. The van der Waals surface area contributed by atoms with Gasteiger partial charge in [-0.15, -0.1) is 5.10 Å². The van der Waals surface area contributed by atoms with Gasteiger partial charge in [-0.05, 0) is 28.8 Å². The van der Waals surface area contributed by atoms with Crippen LogP contribution in [0.2, 0.25) is 0 Å². The SMILES string of the molecule is Cn1nnnc1[C@H]1C[C@@H](c2cc(=O)[nH]o2)CCN1C(=O)OCc1ccccc1. The van der Waals surface area contributed by atoms with Gasteiger partial charge in [-0.2, -0.15) is 5.16 Å². The van der Waals surface area contributed by atoms with Gasteiger partial charge in [0.05, 0.1) is 6.04 Å². The van der Waals surface area contributed by atoms with Crippen molar-refractivity contribution in [3.63, 3.8) is 0 Å². The van der Waals surface area contributed by atoms with Crippen molar-refractivity contribution in [2.75, 3.05) is 6.54 Å². The van der Waals surface area contributed by atoms with E-state index >= 15 is 0 Å². The first kappa shape index (κ1) is 18.0. The molecular weight excluding hydrogens is 364 g/mol. The zero-order chi connectivity index (χ0) is 19.5. The number of tetrazole rings is 1. The first-order valence-electron chi connectivity index (χ1n) is 9.00. The van der Waals surface area contributed by atoms with Crippen LogP contribution in [0.1, 0.15) is 41.9 Å². The van der Waals surface area contributed by atoms with Gasteiger partial charge in [-0.25, -0.2) is 9.48 Å². The Morgan fingerprint density at radius 1 is 1.36 bits per heavy atom. The molecule has 0 unspecified atom stereocenters. The summed E-state index contributed by atoms with van der Waals surface area (Å²) in [6.45, 7) is 0.626. The zero-order valence-electron chi connectivity index (χ0n) is 15.3. The quantitative estimate of drug-likeness (QED) is 0.728. The number of piperidine rings is 1. The zero-order valence-corrected chi connectivity index (χ0v) is 15.3. The van der Waals surface area contributed by atoms with E-state index in [4.69, 9.17) is 9.26 Å².